The molecule has 0 saturated carbocycles. The Bertz CT molecular complexity index is 625. The Kier molecular flexibility index (Phi) is 5.84. The molecule has 0 radical (unpaired) electrons. The second-order valence-electron chi connectivity index (χ2n) is 5.14. The Morgan fingerprint density at radius 1 is 1.09 bits per heavy atom. The van der Waals surface area contributed by atoms with E-state index in [4.69, 9.17) is 16.3 Å². The van der Waals surface area contributed by atoms with Gasteiger partial charge in [0.15, 0.2) is 6.61 Å². The van der Waals surface area contributed by atoms with Crippen molar-refractivity contribution in [3.63, 3.8) is 0 Å². The number of carbonyl (C=O) groups is 1. The van der Waals surface area contributed by atoms with Crippen LogP contribution in [0.15, 0.2) is 48.5 Å². The summed E-state index contributed by atoms with van der Waals surface area (Å²) in [5.41, 5.74) is 2.39. The number of nitrogens with zero attached hydrogens (tertiary/aromatic N) is 1. The highest BCUT2D eigenvalue weighted by atomic mass is 35.5. The molecule has 22 heavy (non-hydrogen) atoms. The average Bonchev–Trinajstić information content (AvgIpc) is 2.54. The number of aryl methyl sites for hydroxylation is 1. The topological polar surface area (TPSA) is 29.5 Å². The average molecular weight is 318 g/mol. The highest BCUT2D eigenvalue weighted by Gasteiger charge is 2.11. The third-order valence-corrected chi connectivity index (χ3v) is 3.78. The second kappa shape index (κ2) is 7.85. The van der Waals surface area contributed by atoms with Gasteiger partial charge in [-0.2, -0.15) is 0 Å². The summed E-state index contributed by atoms with van der Waals surface area (Å²) in [5.74, 6) is 0.442. The fraction of sp³-hybridized carbons (Fsp3) is 0.278. The highest BCUT2D eigenvalue weighted by Crippen LogP contribution is 2.23. The predicted molar refractivity (Wildman–Crippen MR) is 89.2 cm³/mol. The summed E-state index contributed by atoms with van der Waals surface area (Å²) < 4.78 is 5.47. The molecule has 4 heteroatoms. The summed E-state index contributed by atoms with van der Waals surface area (Å²) in [5, 5.41) is 0.508. The molecule has 3 nitrogen and oxygen atoms in total. The van der Waals surface area contributed by atoms with Gasteiger partial charge in [-0.05, 0) is 29.7 Å². The smallest absolute Gasteiger partial charge is 0.260 e. The number of para-hydroxylation sites is 1. The van der Waals surface area contributed by atoms with Gasteiger partial charge in [0.25, 0.3) is 5.91 Å². The summed E-state index contributed by atoms with van der Waals surface area (Å²) in [6, 6.07) is 15.4. The van der Waals surface area contributed by atoms with Gasteiger partial charge in [0.2, 0.25) is 0 Å². The summed E-state index contributed by atoms with van der Waals surface area (Å²) >= 11 is 6.00. The van der Waals surface area contributed by atoms with Crippen LogP contribution in [0.1, 0.15) is 18.1 Å². The minimum Gasteiger partial charge on any atom is -0.482 e. The number of hydrogen-bond acceptors (Lipinski definition) is 2. The van der Waals surface area contributed by atoms with E-state index in [0.717, 1.165) is 12.0 Å². The monoisotopic (exact) mass is 317 g/mol. The van der Waals surface area contributed by atoms with Crippen LogP contribution in [0.25, 0.3) is 0 Å². The molecule has 0 fully saturated rings. The summed E-state index contributed by atoms with van der Waals surface area (Å²) in [4.78, 5) is 13.8. The van der Waals surface area contributed by atoms with Crippen LogP contribution < -0.4 is 4.74 Å². The van der Waals surface area contributed by atoms with Crippen molar-refractivity contribution in [3.8, 4) is 5.75 Å². The van der Waals surface area contributed by atoms with Crippen molar-refractivity contribution in [2.24, 2.45) is 0 Å². The lowest BCUT2D eigenvalue weighted by Crippen LogP contribution is -2.31. The molecule has 116 valence electrons. The van der Waals surface area contributed by atoms with Crippen molar-refractivity contribution in [3.05, 3.63) is 64.7 Å². The zero-order valence-electron chi connectivity index (χ0n) is 12.9. The number of rotatable bonds is 6. The zero-order valence-corrected chi connectivity index (χ0v) is 13.6. The summed E-state index contributed by atoms with van der Waals surface area (Å²) in [7, 11) is 1.77. The van der Waals surface area contributed by atoms with Crippen molar-refractivity contribution < 1.29 is 9.53 Å². The first kappa shape index (κ1) is 16.4. The van der Waals surface area contributed by atoms with Crippen LogP contribution in [-0.2, 0) is 17.8 Å². The Morgan fingerprint density at radius 3 is 2.36 bits per heavy atom. The highest BCUT2D eigenvalue weighted by molar-refractivity contribution is 6.32. The predicted octanol–water partition coefficient (Wildman–Crippen LogP) is 3.94. The molecule has 0 aromatic heterocycles. The van der Waals surface area contributed by atoms with Gasteiger partial charge >= 0.3 is 0 Å². The molecule has 2 aromatic carbocycles. The first-order valence-corrected chi connectivity index (χ1v) is 7.67. The van der Waals surface area contributed by atoms with Gasteiger partial charge in [0.05, 0.1) is 5.02 Å². The molecule has 1 amide bonds. The van der Waals surface area contributed by atoms with Crippen LogP contribution in [0, 0.1) is 0 Å². The van der Waals surface area contributed by atoms with E-state index in [9.17, 15) is 4.79 Å². The lowest BCUT2D eigenvalue weighted by Gasteiger charge is -2.18. The van der Waals surface area contributed by atoms with Crippen molar-refractivity contribution >= 4 is 17.5 Å². The molecular formula is C18H20ClNO2. The Hall–Kier alpha value is -2.00. The lowest BCUT2D eigenvalue weighted by molar-refractivity contribution is -0.132. The molecule has 0 saturated heterocycles. The molecule has 0 heterocycles. The molecule has 0 aliphatic carbocycles. The first-order valence-electron chi connectivity index (χ1n) is 7.29. The maximum atomic E-state index is 12.1. The number of carbonyl (C=O) groups excluding carboxylic acids is 1. The van der Waals surface area contributed by atoms with E-state index < -0.39 is 0 Å². The lowest BCUT2D eigenvalue weighted by atomic mass is 10.1. The molecule has 0 bridgehead atoms. The van der Waals surface area contributed by atoms with Crippen LogP contribution in [0.5, 0.6) is 5.75 Å². The Balaban J connectivity index is 1.87. The van der Waals surface area contributed by atoms with Crippen LogP contribution in [0.2, 0.25) is 5.02 Å². The van der Waals surface area contributed by atoms with E-state index in [0.29, 0.717) is 17.3 Å². The third kappa shape index (κ3) is 4.50. The van der Waals surface area contributed by atoms with E-state index >= 15 is 0 Å². The van der Waals surface area contributed by atoms with E-state index in [2.05, 4.69) is 31.2 Å². The van der Waals surface area contributed by atoms with Crippen molar-refractivity contribution in [1.29, 1.82) is 0 Å². The number of halogens is 1. The SMILES string of the molecule is CCc1ccc(CN(C)C(=O)COc2ccccc2Cl)cc1. The molecule has 2 rings (SSSR count). The first-order chi connectivity index (χ1) is 10.6. The second-order valence-corrected chi connectivity index (χ2v) is 5.55. The van der Waals surface area contributed by atoms with Gasteiger partial charge in [0, 0.05) is 13.6 Å². The number of amides is 1. The normalized spacial score (nSPS) is 10.3. The molecule has 0 atom stereocenters. The molecule has 0 aliphatic rings. The van der Waals surface area contributed by atoms with Gasteiger partial charge in [-0.1, -0.05) is 54.9 Å². The molecule has 0 N–H and O–H groups in total. The van der Waals surface area contributed by atoms with E-state index in [1.807, 2.05) is 12.1 Å². The van der Waals surface area contributed by atoms with Gasteiger partial charge in [-0.15, -0.1) is 0 Å². The Morgan fingerprint density at radius 2 is 1.73 bits per heavy atom. The largest absolute Gasteiger partial charge is 0.482 e. The molecule has 2 aromatic rings. The van der Waals surface area contributed by atoms with Crippen molar-refractivity contribution in [2.45, 2.75) is 19.9 Å². The standard InChI is InChI=1S/C18H20ClNO2/c1-3-14-8-10-15(11-9-14)12-20(2)18(21)13-22-17-7-5-4-6-16(17)19/h4-11H,3,12-13H2,1-2H3. The quantitative estimate of drug-likeness (QED) is 0.807. The number of benzene rings is 2. The fourth-order valence-corrected chi connectivity index (χ4v) is 2.24. The van der Waals surface area contributed by atoms with E-state index in [-0.39, 0.29) is 12.5 Å². The van der Waals surface area contributed by atoms with Gasteiger partial charge in [-0.3, -0.25) is 4.79 Å². The van der Waals surface area contributed by atoms with Crippen molar-refractivity contribution in [1.82, 2.24) is 4.90 Å². The molecule has 0 unspecified atom stereocenters. The van der Waals surface area contributed by atoms with Gasteiger partial charge < -0.3 is 9.64 Å². The summed E-state index contributed by atoms with van der Waals surface area (Å²) in [6.07, 6.45) is 1.01. The zero-order chi connectivity index (χ0) is 15.9. The number of likely N-dealkylation sites (N-methyl/N-ethyl adjacent to an activating group) is 1. The van der Waals surface area contributed by atoms with E-state index in [1.165, 1.54) is 5.56 Å². The fourth-order valence-electron chi connectivity index (χ4n) is 2.05. The van der Waals surface area contributed by atoms with E-state index in [1.54, 1.807) is 24.1 Å². The minimum atomic E-state index is -0.0838. The Labute approximate surface area is 136 Å². The minimum absolute atomic E-state index is 0.0206. The van der Waals surface area contributed by atoms with Gasteiger partial charge in [0.1, 0.15) is 5.75 Å². The maximum Gasteiger partial charge on any atom is 0.260 e. The molecule has 0 spiro atoms. The van der Waals surface area contributed by atoms with Crippen LogP contribution in [0.3, 0.4) is 0 Å². The van der Waals surface area contributed by atoms with Crippen LogP contribution in [-0.4, -0.2) is 24.5 Å². The maximum absolute atomic E-state index is 12.1. The molecular weight excluding hydrogens is 298 g/mol. The summed E-state index contributed by atoms with van der Waals surface area (Å²) in [6.45, 7) is 2.67. The van der Waals surface area contributed by atoms with Gasteiger partial charge in [-0.25, -0.2) is 0 Å². The van der Waals surface area contributed by atoms with Crippen molar-refractivity contribution in [2.75, 3.05) is 13.7 Å². The van der Waals surface area contributed by atoms with Crippen LogP contribution in [0.4, 0.5) is 0 Å². The third-order valence-electron chi connectivity index (χ3n) is 3.46. The van der Waals surface area contributed by atoms with Crippen LogP contribution >= 0.6 is 11.6 Å². The number of hydrogen-bond donors (Lipinski definition) is 0. The molecule has 0 aliphatic heterocycles. The number of ether oxygens (including phenoxy) is 1.